The van der Waals surface area contributed by atoms with Crippen LogP contribution in [-0.4, -0.2) is 17.0 Å². The van der Waals surface area contributed by atoms with Crippen LogP contribution in [0.4, 0.5) is 5.69 Å². The molecule has 0 aliphatic rings. The van der Waals surface area contributed by atoms with Crippen LogP contribution in [0.5, 0.6) is 0 Å². The zero-order valence-electron chi connectivity index (χ0n) is 8.45. The van der Waals surface area contributed by atoms with Gasteiger partial charge in [0.1, 0.15) is 0 Å². The fourth-order valence-corrected chi connectivity index (χ4v) is 1.86. The monoisotopic (exact) mass is 227 g/mol. The molecule has 0 spiro atoms. The van der Waals surface area contributed by atoms with Gasteiger partial charge in [-0.2, -0.15) is 0 Å². The molecule has 15 heavy (non-hydrogen) atoms. The van der Waals surface area contributed by atoms with E-state index in [0.717, 1.165) is 12.8 Å². The van der Waals surface area contributed by atoms with Gasteiger partial charge in [-0.3, -0.25) is 4.79 Å². The summed E-state index contributed by atoms with van der Waals surface area (Å²) in [5, 5.41) is 14.5. The summed E-state index contributed by atoms with van der Waals surface area (Å²) in [6, 6.07) is 0. The van der Waals surface area contributed by atoms with Crippen molar-refractivity contribution in [3.63, 3.8) is 0 Å². The minimum Gasteiger partial charge on any atom is -0.478 e. The van der Waals surface area contributed by atoms with Crippen LogP contribution in [0.2, 0.25) is 0 Å². The zero-order chi connectivity index (χ0) is 11.3. The molecule has 1 aromatic heterocycles. The lowest BCUT2D eigenvalue weighted by Crippen LogP contribution is -2.12. The molecule has 0 saturated heterocycles. The lowest BCUT2D eigenvalue weighted by molar-refractivity contribution is -0.116. The summed E-state index contributed by atoms with van der Waals surface area (Å²) in [5.74, 6) is -1.14. The molecule has 0 bridgehead atoms. The van der Waals surface area contributed by atoms with Crippen molar-refractivity contribution in [1.29, 1.82) is 0 Å². The second-order valence-electron chi connectivity index (χ2n) is 3.16. The highest BCUT2D eigenvalue weighted by atomic mass is 32.1. The highest BCUT2D eigenvalue weighted by Crippen LogP contribution is 2.21. The van der Waals surface area contributed by atoms with Gasteiger partial charge in [0, 0.05) is 17.2 Å². The van der Waals surface area contributed by atoms with Gasteiger partial charge in [0.05, 0.1) is 11.3 Å². The highest BCUT2D eigenvalue weighted by molar-refractivity contribution is 7.08. The van der Waals surface area contributed by atoms with E-state index in [-0.39, 0.29) is 11.5 Å². The first-order valence-electron chi connectivity index (χ1n) is 4.74. The van der Waals surface area contributed by atoms with Gasteiger partial charge in [-0.05, 0) is 6.42 Å². The molecule has 0 atom stereocenters. The van der Waals surface area contributed by atoms with Crippen molar-refractivity contribution >= 4 is 28.9 Å². The molecule has 1 aromatic rings. The maximum Gasteiger partial charge on any atom is 0.338 e. The van der Waals surface area contributed by atoms with Crippen molar-refractivity contribution in [2.45, 2.75) is 26.2 Å². The fourth-order valence-electron chi connectivity index (χ4n) is 1.11. The molecule has 0 saturated carbocycles. The number of unbranched alkanes of at least 4 members (excludes halogenated alkanes) is 1. The van der Waals surface area contributed by atoms with Crippen LogP contribution in [0.25, 0.3) is 0 Å². The predicted octanol–water partition coefficient (Wildman–Crippen LogP) is 2.58. The number of carboxylic acid groups (broad SMARTS) is 1. The second kappa shape index (κ2) is 5.50. The average Bonchev–Trinajstić information content (AvgIpc) is 2.62. The van der Waals surface area contributed by atoms with Crippen molar-refractivity contribution in [3.8, 4) is 0 Å². The largest absolute Gasteiger partial charge is 0.478 e. The number of hydrogen-bond donors (Lipinski definition) is 2. The average molecular weight is 227 g/mol. The Labute approximate surface area is 91.9 Å². The van der Waals surface area contributed by atoms with Crippen LogP contribution in [-0.2, 0) is 4.79 Å². The van der Waals surface area contributed by atoms with Crippen LogP contribution >= 0.6 is 11.3 Å². The van der Waals surface area contributed by atoms with Crippen LogP contribution in [0.15, 0.2) is 10.8 Å². The smallest absolute Gasteiger partial charge is 0.338 e. The molecule has 2 N–H and O–H groups in total. The third-order valence-electron chi connectivity index (χ3n) is 1.92. The van der Waals surface area contributed by atoms with Gasteiger partial charge >= 0.3 is 5.97 Å². The predicted molar refractivity (Wildman–Crippen MR) is 59.4 cm³/mol. The first kappa shape index (κ1) is 11.7. The number of carbonyl (C=O) groups is 2. The molecule has 1 heterocycles. The number of thiophene rings is 1. The Kier molecular flexibility index (Phi) is 4.30. The number of amides is 1. The Morgan fingerprint density at radius 1 is 1.47 bits per heavy atom. The molecule has 0 aromatic carbocycles. The molecule has 0 fully saturated rings. The second-order valence-corrected chi connectivity index (χ2v) is 3.90. The lowest BCUT2D eigenvalue weighted by atomic mass is 10.2. The standard InChI is InChI=1S/C10H13NO3S/c1-2-3-4-9(12)11-8-6-15-5-7(8)10(13)14/h5-6H,2-4H2,1H3,(H,11,12)(H,13,14). The minimum absolute atomic E-state index is 0.127. The number of carbonyl (C=O) groups excluding carboxylic acids is 1. The van der Waals surface area contributed by atoms with E-state index in [2.05, 4.69) is 5.32 Å². The van der Waals surface area contributed by atoms with Gasteiger partial charge < -0.3 is 10.4 Å². The molecule has 82 valence electrons. The lowest BCUT2D eigenvalue weighted by Gasteiger charge is -2.03. The number of carboxylic acids is 1. The summed E-state index contributed by atoms with van der Waals surface area (Å²) in [4.78, 5) is 22.1. The normalized spacial score (nSPS) is 9.93. The van der Waals surface area contributed by atoms with Crippen LogP contribution in [0, 0.1) is 0 Å². The summed E-state index contributed by atoms with van der Waals surface area (Å²) in [6.45, 7) is 2.00. The van der Waals surface area contributed by atoms with Crippen LogP contribution < -0.4 is 5.32 Å². The quantitative estimate of drug-likeness (QED) is 0.812. The van der Waals surface area contributed by atoms with Gasteiger partial charge in [-0.15, -0.1) is 11.3 Å². The Bertz CT molecular complexity index is 359. The number of hydrogen-bond acceptors (Lipinski definition) is 3. The maximum absolute atomic E-state index is 11.3. The SMILES string of the molecule is CCCCC(=O)Nc1cscc1C(=O)O. The van der Waals surface area contributed by atoms with Gasteiger partial charge in [-0.1, -0.05) is 13.3 Å². The minimum atomic E-state index is -1.01. The Morgan fingerprint density at radius 3 is 2.80 bits per heavy atom. The molecule has 0 radical (unpaired) electrons. The summed E-state index contributed by atoms with van der Waals surface area (Å²) in [7, 11) is 0. The van der Waals surface area contributed by atoms with Crippen molar-refractivity contribution in [2.24, 2.45) is 0 Å². The molecule has 1 rings (SSSR count). The van der Waals surface area contributed by atoms with Crippen molar-refractivity contribution in [3.05, 3.63) is 16.3 Å². The van der Waals surface area contributed by atoms with E-state index in [0.29, 0.717) is 12.1 Å². The molecule has 0 aliphatic heterocycles. The third-order valence-corrected chi connectivity index (χ3v) is 2.67. The number of nitrogens with one attached hydrogen (secondary N) is 1. The number of anilines is 1. The topological polar surface area (TPSA) is 66.4 Å². The van der Waals surface area contributed by atoms with Crippen molar-refractivity contribution in [2.75, 3.05) is 5.32 Å². The van der Waals surface area contributed by atoms with E-state index < -0.39 is 5.97 Å². The summed E-state index contributed by atoms with van der Waals surface area (Å²) >= 11 is 1.26. The molecular formula is C10H13NO3S. The van der Waals surface area contributed by atoms with Gasteiger partial charge in [0.15, 0.2) is 0 Å². The van der Waals surface area contributed by atoms with E-state index in [4.69, 9.17) is 5.11 Å². The molecule has 5 heteroatoms. The van der Waals surface area contributed by atoms with Gasteiger partial charge in [0.2, 0.25) is 5.91 Å². The van der Waals surface area contributed by atoms with Crippen molar-refractivity contribution < 1.29 is 14.7 Å². The van der Waals surface area contributed by atoms with Crippen LogP contribution in [0.3, 0.4) is 0 Å². The summed E-state index contributed by atoms with van der Waals surface area (Å²) in [5.41, 5.74) is 0.554. The summed E-state index contributed by atoms with van der Waals surface area (Å²) in [6.07, 6.45) is 2.20. The fraction of sp³-hybridized carbons (Fsp3) is 0.400. The Morgan fingerprint density at radius 2 is 2.20 bits per heavy atom. The summed E-state index contributed by atoms with van der Waals surface area (Å²) < 4.78 is 0. The van der Waals surface area contributed by atoms with E-state index in [1.165, 1.54) is 16.7 Å². The van der Waals surface area contributed by atoms with E-state index in [9.17, 15) is 9.59 Å². The van der Waals surface area contributed by atoms with E-state index in [1.54, 1.807) is 5.38 Å². The third kappa shape index (κ3) is 3.36. The van der Waals surface area contributed by atoms with E-state index in [1.807, 2.05) is 6.92 Å². The first-order chi connectivity index (χ1) is 7.15. The van der Waals surface area contributed by atoms with Gasteiger partial charge in [-0.25, -0.2) is 4.79 Å². The number of rotatable bonds is 5. The van der Waals surface area contributed by atoms with Crippen LogP contribution in [0.1, 0.15) is 36.5 Å². The molecular weight excluding hydrogens is 214 g/mol. The molecule has 4 nitrogen and oxygen atoms in total. The molecule has 0 aliphatic carbocycles. The Hall–Kier alpha value is -1.36. The zero-order valence-corrected chi connectivity index (χ0v) is 9.26. The van der Waals surface area contributed by atoms with E-state index >= 15 is 0 Å². The Balaban J connectivity index is 2.60. The first-order valence-corrected chi connectivity index (χ1v) is 5.68. The molecule has 0 unspecified atom stereocenters. The number of aromatic carboxylic acids is 1. The van der Waals surface area contributed by atoms with Crippen molar-refractivity contribution in [1.82, 2.24) is 0 Å². The molecule has 1 amide bonds. The maximum atomic E-state index is 11.3. The van der Waals surface area contributed by atoms with Gasteiger partial charge in [0.25, 0.3) is 0 Å². The highest BCUT2D eigenvalue weighted by Gasteiger charge is 2.12.